The van der Waals surface area contributed by atoms with Crippen LogP contribution in [-0.2, 0) is 9.53 Å². The zero-order valence-electron chi connectivity index (χ0n) is 15.6. The highest BCUT2D eigenvalue weighted by atomic mass is 35.5. The normalized spacial score (nSPS) is 23.9. The molecule has 0 bridgehead atoms. The topological polar surface area (TPSA) is 29.5 Å². The van der Waals surface area contributed by atoms with E-state index in [4.69, 9.17) is 4.74 Å². The monoisotopic (exact) mass is 365 g/mol. The Hall–Kier alpha value is -1.06. The molecule has 2 aliphatic rings. The SMILES string of the molecule is CCC1(CC)CC(CCN2CCC(c3ccccc3)CC2)OC1=O.Cl. The number of nitrogens with zero attached hydrogens (tertiary/aromatic N) is 1. The molecule has 25 heavy (non-hydrogen) atoms. The van der Waals surface area contributed by atoms with Crippen molar-refractivity contribution in [2.24, 2.45) is 5.41 Å². The molecule has 2 fully saturated rings. The van der Waals surface area contributed by atoms with Crippen molar-refractivity contribution in [2.45, 2.75) is 64.4 Å². The summed E-state index contributed by atoms with van der Waals surface area (Å²) in [5, 5.41) is 0. The van der Waals surface area contributed by atoms with E-state index in [1.807, 2.05) is 0 Å². The van der Waals surface area contributed by atoms with Crippen LogP contribution >= 0.6 is 12.4 Å². The minimum absolute atomic E-state index is 0. The minimum Gasteiger partial charge on any atom is -0.462 e. The van der Waals surface area contributed by atoms with Crippen molar-refractivity contribution in [1.82, 2.24) is 4.90 Å². The number of hydrogen-bond donors (Lipinski definition) is 0. The summed E-state index contributed by atoms with van der Waals surface area (Å²) in [5.41, 5.74) is 1.28. The van der Waals surface area contributed by atoms with Crippen molar-refractivity contribution in [2.75, 3.05) is 19.6 Å². The third-order valence-electron chi connectivity index (χ3n) is 6.30. The molecule has 2 aliphatic heterocycles. The van der Waals surface area contributed by atoms with Crippen LogP contribution in [0.4, 0.5) is 0 Å². The lowest BCUT2D eigenvalue weighted by Gasteiger charge is -2.32. The lowest BCUT2D eigenvalue weighted by Crippen LogP contribution is -2.35. The minimum atomic E-state index is -0.203. The lowest BCUT2D eigenvalue weighted by molar-refractivity contribution is -0.149. The average Bonchev–Trinajstić information content (AvgIpc) is 2.97. The Bertz CT molecular complexity index is 536. The van der Waals surface area contributed by atoms with Crippen LogP contribution in [0.1, 0.15) is 63.9 Å². The Morgan fingerprint density at radius 1 is 1.12 bits per heavy atom. The summed E-state index contributed by atoms with van der Waals surface area (Å²) in [6, 6.07) is 10.9. The molecule has 4 heteroatoms. The average molecular weight is 366 g/mol. The van der Waals surface area contributed by atoms with Crippen LogP contribution < -0.4 is 0 Å². The van der Waals surface area contributed by atoms with Crippen LogP contribution in [0.15, 0.2) is 30.3 Å². The summed E-state index contributed by atoms with van der Waals surface area (Å²) in [6.45, 7) is 7.60. The Morgan fingerprint density at radius 3 is 2.32 bits per heavy atom. The Kier molecular flexibility index (Phi) is 7.33. The van der Waals surface area contributed by atoms with Gasteiger partial charge in [-0.05, 0) is 56.7 Å². The predicted octanol–water partition coefficient (Wildman–Crippen LogP) is 4.80. The van der Waals surface area contributed by atoms with E-state index in [0.29, 0.717) is 5.92 Å². The molecule has 0 aromatic heterocycles. The molecule has 0 amide bonds. The number of cyclic esters (lactones) is 1. The van der Waals surface area contributed by atoms with Crippen LogP contribution in [-0.4, -0.2) is 36.6 Å². The first kappa shape index (κ1) is 20.3. The number of esters is 1. The maximum Gasteiger partial charge on any atom is 0.312 e. The summed E-state index contributed by atoms with van der Waals surface area (Å²) in [4.78, 5) is 14.7. The Labute approximate surface area is 158 Å². The van der Waals surface area contributed by atoms with Gasteiger partial charge in [-0.15, -0.1) is 12.4 Å². The van der Waals surface area contributed by atoms with Gasteiger partial charge in [-0.1, -0.05) is 44.2 Å². The summed E-state index contributed by atoms with van der Waals surface area (Å²) in [7, 11) is 0. The second-order valence-corrected chi connectivity index (χ2v) is 7.53. The first-order valence-electron chi connectivity index (χ1n) is 9.65. The van der Waals surface area contributed by atoms with Gasteiger partial charge in [-0.25, -0.2) is 0 Å². The molecule has 140 valence electrons. The molecule has 0 aliphatic carbocycles. The van der Waals surface area contributed by atoms with Crippen LogP contribution in [0.5, 0.6) is 0 Å². The molecule has 1 aromatic rings. The van der Waals surface area contributed by atoms with Crippen molar-refractivity contribution in [3.05, 3.63) is 35.9 Å². The fourth-order valence-corrected chi connectivity index (χ4v) is 4.37. The van der Waals surface area contributed by atoms with Crippen LogP contribution in [0.25, 0.3) is 0 Å². The van der Waals surface area contributed by atoms with Crippen molar-refractivity contribution < 1.29 is 9.53 Å². The molecule has 0 radical (unpaired) electrons. The highest BCUT2D eigenvalue weighted by Crippen LogP contribution is 2.41. The lowest BCUT2D eigenvalue weighted by atomic mass is 9.79. The number of benzene rings is 1. The van der Waals surface area contributed by atoms with Gasteiger partial charge >= 0.3 is 5.97 Å². The second kappa shape index (κ2) is 9.05. The van der Waals surface area contributed by atoms with Crippen LogP contribution in [0, 0.1) is 5.41 Å². The van der Waals surface area contributed by atoms with Gasteiger partial charge in [-0.3, -0.25) is 4.79 Å². The van der Waals surface area contributed by atoms with E-state index in [-0.39, 0.29) is 29.9 Å². The quantitative estimate of drug-likeness (QED) is 0.678. The molecule has 0 spiro atoms. The molecule has 0 N–H and O–H groups in total. The largest absolute Gasteiger partial charge is 0.462 e. The molecular weight excluding hydrogens is 334 g/mol. The van der Waals surface area contributed by atoms with E-state index in [2.05, 4.69) is 49.1 Å². The first-order valence-corrected chi connectivity index (χ1v) is 9.65. The second-order valence-electron chi connectivity index (χ2n) is 7.53. The molecule has 0 saturated carbocycles. The third kappa shape index (κ3) is 4.57. The molecule has 1 atom stereocenters. The first-order chi connectivity index (χ1) is 11.7. The smallest absolute Gasteiger partial charge is 0.312 e. The maximum absolute atomic E-state index is 12.2. The van der Waals surface area contributed by atoms with E-state index >= 15 is 0 Å². The van der Waals surface area contributed by atoms with E-state index in [1.165, 1.54) is 18.4 Å². The van der Waals surface area contributed by atoms with Crippen molar-refractivity contribution in [3.8, 4) is 0 Å². The van der Waals surface area contributed by atoms with Gasteiger partial charge in [0.2, 0.25) is 0 Å². The number of ether oxygens (including phenoxy) is 1. The van der Waals surface area contributed by atoms with E-state index in [1.54, 1.807) is 0 Å². The molecule has 1 aromatic carbocycles. The number of rotatable bonds is 6. The Morgan fingerprint density at radius 2 is 1.76 bits per heavy atom. The molecule has 2 saturated heterocycles. The third-order valence-corrected chi connectivity index (χ3v) is 6.30. The summed E-state index contributed by atoms with van der Waals surface area (Å²) >= 11 is 0. The number of hydrogen-bond acceptors (Lipinski definition) is 3. The summed E-state index contributed by atoms with van der Waals surface area (Å²) < 4.78 is 5.67. The fraction of sp³-hybridized carbons (Fsp3) is 0.667. The summed E-state index contributed by atoms with van der Waals surface area (Å²) in [5.74, 6) is 0.750. The van der Waals surface area contributed by atoms with Gasteiger partial charge in [0.15, 0.2) is 0 Å². The van der Waals surface area contributed by atoms with Gasteiger partial charge < -0.3 is 9.64 Å². The maximum atomic E-state index is 12.2. The number of carbonyl (C=O) groups is 1. The molecule has 3 nitrogen and oxygen atoms in total. The molecule has 1 unspecified atom stereocenters. The number of likely N-dealkylation sites (tertiary alicyclic amines) is 1. The summed E-state index contributed by atoms with van der Waals surface area (Å²) in [6.07, 6.45) is 6.32. The fourth-order valence-electron chi connectivity index (χ4n) is 4.37. The van der Waals surface area contributed by atoms with Crippen LogP contribution in [0.2, 0.25) is 0 Å². The highest BCUT2D eigenvalue weighted by molar-refractivity contribution is 5.85. The molecule has 3 rings (SSSR count). The van der Waals surface area contributed by atoms with Crippen LogP contribution in [0.3, 0.4) is 0 Å². The highest BCUT2D eigenvalue weighted by Gasteiger charge is 2.46. The van der Waals surface area contributed by atoms with Gasteiger partial charge in [0, 0.05) is 13.0 Å². The molecule has 2 heterocycles. The molecular formula is C21H32ClNO2. The van der Waals surface area contributed by atoms with Gasteiger partial charge in [0.1, 0.15) is 6.10 Å². The van der Waals surface area contributed by atoms with E-state index in [0.717, 1.165) is 45.3 Å². The van der Waals surface area contributed by atoms with Crippen molar-refractivity contribution in [1.29, 1.82) is 0 Å². The van der Waals surface area contributed by atoms with Crippen molar-refractivity contribution >= 4 is 18.4 Å². The predicted molar refractivity (Wildman–Crippen MR) is 104 cm³/mol. The number of halogens is 1. The van der Waals surface area contributed by atoms with E-state index in [9.17, 15) is 4.79 Å². The van der Waals surface area contributed by atoms with Gasteiger partial charge in [-0.2, -0.15) is 0 Å². The van der Waals surface area contributed by atoms with Crippen molar-refractivity contribution in [3.63, 3.8) is 0 Å². The standard InChI is InChI=1S/C21H31NO2.ClH/c1-3-21(4-2)16-19(24-20(21)23)12-15-22-13-10-18(11-14-22)17-8-6-5-7-9-17;/h5-9,18-19H,3-4,10-16H2,1-2H3;1H. The van der Waals surface area contributed by atoms with Gasteiger partial charge in [0.05, 0.1) is 5.41 Å². The zero-order chi connectivity index (χ0) is 17.0. The number of piperidine rings is 1. The Balaban J connectivity index is 0.00000225. The van der Waals surface area contributed by atoms with Gasteiger partial charge in [0.25, 0.3) is 0 Å². The van der Waals surface area contributed by atoms with E-state index < -0.39 is 0 Å². The number of carbonyl (C=O) groups excluding carboxylic acids is 1. The zero-order valence-corrected chi connectivity index (χ0v) is 16.4.